The van der Waals surface area contributed by atoms with Crippen LogP contribution in [0, 0.1) is 6.92 Å². The van der Waals surface area contributed by atoms with Gasteiger partial charge in [-0.2, -0.15) is 0 Å². The standard InChI is InChI=1S/C16H16ClNO2/c1-11-2-4-12(5-3-11)6-9-16(20)18-14-10-13(17)7-8-15(14)19/h2-5,7-8,10,19H,6,9H2,1H3,(H,18,20). The maximum absolute atomic E-state index is 11.9. The Hall–Kier alpha value is -2.00. The van der Waals surface area contributed by atoms with Crippen LogP contribution in [0.25, 0.3) is 0 Å². The van der Waals surface area contributed by atoms with Crippen molar-refractivity contribution < 1.29 is 9.90 Å². The van der Waals surface area contributed by atoms with Gasteiger partial charge in [-0.3, -0.25) is 4.79 Å². The molecule has 0 aliphatic rings. The van der Waals surface area contributed by atoms with Crippen molar-refractivity contribution in [3.05, 3.63) is 58.6 Å². The molecule has 0 radical (unpaired) electrons. The van der Waals surface area contributed by atoms with Gasteiger partial charge in [0.15, 0.2) is 0 Å². The molecule has 0 aliphatic heterocycles. The number of phenols is 1. The molecule has 0 saturated carbocycles. The summed E-state index contributed by atoms with van der Waals surface area (Å²) in [4.78, 5) is 11.9. The summed E-state index contributed by atoms with van der Waals surface area (Å²) in [7, 11) is 0. The maximum atomic E-state index is 11.9. The van der Waals surface area contributed by atoms with Crippen LogP contribution < -0.4 is 5.32 Å². The van der Waals surface area contributed by atoms with Crippen LogP contribution in [-0.4, -0.2) is 11.0 Å². The largest absolute Gasteiger partial charge is 0.506 e. The minimum absolute atomic E-state index is 0.0121. The van der Waals surface area contributed by atoms with Crippen LogP contribution in [0.1, 0.15) is 17.5 Å². The zero-order chi connectivity index (χ0) is 14.5. The van der Waals surface area contributed by atoms with Gasteiger partial charge in [0.1, 0.15) is 5.75 Å². The Kier molecular flexibility index (Phi) is 4.64. The predicted molar refractivity (Wildman–Crippen MR) is 81.2 cm³/mol. The number of rotatable bonds is 4. The van der Waals surface area contributed by atoms with Crippen LogP contribution in [0.2, 0.25) is 5.02 Å². The van der Waals surface area contributed by atoms with Crippen molar-refractivity contribution in [3.63, 3.8) is 0 Å². The van der Waals surface area contributed by atoms with Crippen molar-refractivity contribution in [1.82, 2.24) is 0 Å². The molecule has 0 atom stereocenters. The number of carbonyl (C=O) groups excluding carboxylic acids is 1. The second-order valence-electron chi connectivity index (χ2n) is 4.70. The van der Waals surface area contributed by atoms with E-state index < -0.39 is 0 Å². The van der Waals surface area contributed by atoms with E-state index in [0.717, 1.165) is 5.56 Å². The molecule has 0 fully saturated rings. The molecular weight excluding hydrogens is 274 g/mol. The number of hydrogen-bond acceptors (Lipinski definition) is 2. The van der Waals surface area contributed by atoms with Crippen molar-refractivity contribution in [2.75, 3.05) is 5.32 Å². The first-order valence-corrected chi connectivity index (χ1v) is 6.76. The third kappa shape index (κ3) is 4.00. The summed E-state index contributed by atoms with van der Waals surface area (Å²) in [6, 6.07) is 12.6. The molecule has 20 heavy (non-hydrogen) atoms. The zero-order valence-electron chi connectivity index (χ0n) is 11.2. The van der Waals surface area contributed by atoms with E-state index in [2.05, 4.69) is 5.32 Å². The van der Waals surface area contributed by atoms with Gasteiger partial charge >= 0.3 is 0 Å². The molecule has 3 nitrogen and oxygen atoms in total. The van der Waals surface area contributed by atoms with Crippen LogP contribution >= 0.6 is 11.6 Å². The van der Waals surface area contributed by atoms with Crippen LogP contribution in [-0.2, 0) is 11.2 Å². The smallest absolute Gasteiger partial charge is 0.224 e. The van der Waals surface area contributed by atoms with Gasteiger partial charge in [0, 0.05) is 11.4 Å². The highest BCUT2D eigenvalue weighted by Crippen LogP contribution is 2.26. The van der Waals surface area contributed by atoms with Crippen LogP contribution in [0.5, 0.6) is 5.75 Å². The molecule has 104 valence electrons. The number of halogens is 1. The van der Waals surface area contributed by atoms with Crippen molar-refractivity contribution in [3.8, 4) is 5.75 Å². The fourth-order valence-electron chi connectivity index (χ4n) is 1.83. The average Bonchev–Trinajstić information content (AvgIpc) is 2.42. The SMILES string of the molecule is Cc1ccc(CCC(=O)Nc2cc(Cl)ccc2O)cc1. The van der Waals surface area contributed by atoms with Crippen LogP contribution in [0.4, 0.5) is 5.69 Å². The number of phenolic OH excluding ortho intramolecular Hbond substituents is 1. The molecule has 0 bridgehead atoms. The summed E-state index contributed by atoms with van der Waals surface area (Å²) in [5.74, 6) is -0.138. The fraction of sp³-hybridized carbons (Fsp3) is 0.188. The molecule has 0 heterocycles. The first kappa shape index (κ1) is 14.4. The molecule has 0 saturated heterocycles. The van der Waals surface area contributed by atoms with E-state index in [0.29, 0.717) is 23.6 Å². The molecule has 2 N–H and O–H groups in total. The first-order chi connectivity index (χ1) is 9.54. The van der Waals surface area contributed by atoms with E-state index in [4.69, 9.17) is 11.6 Å². The lowest BCUT2D eigenvalue weighted by molar-refractivity contribution is -0.116. The minimum Gasteiger partial charge on any atom is -0.506 e. The molecule has 1 amide bonds. The number of hydrogen-bond donors (Lipinski definition) is 2. The Bertz CT molecular complexity index is 608. The second kappa shape index (κ2) is 6.44. The van der Waals surface area contributed by atoms with Crippen molar-refractivity contribution in [2.45, 2.75) is 19.8 Å². The average molecular weight is 290 g/mol. The Morgan fingerprint density at radius 2 is 1.90 bits per heavy atom. The van der Waals surface area contributed by atoms with Crippen LogP contribution in [0.3, 0.4) is 0 Å². The molecular formula is C16H16ClNO2. The third-order valence-electron chi connectivity index (χ3n) is 2.99. The van der Waals surface area contributed by atoms with E-state index in [1.54, 1.807) is 6.07 Å². The Labute approximate surface area is 123 Å². The third-order valence-corrected chi connectivity index (χ3v) is 3.23. The summed E-state index contributed by atoms with van der Waals surface area (Å²) < 4.78 is 0. The Balaban J connectivity index is 1.92. The molecule has 2 rings (SSSR count). The highest BCUT2D eigenvalue weighted by Gasteiger charge is 2.07. The highest BCUT2D eigenvalue weighted by molar-refractivity contribution is 6.31. The number of nitrogens with one attached hydrogen (secondary N) is 1. The lowest BCUT2D eigenvalue weighted by atomic mass is 10.1. The number of anilines is 1. The van der Waals surface area contributed by atoms with E-state index in [1.807, 2.05) is 31.2 Å². The van der Waals surface area contributed by atoms with E-state index in [1.165, 1.54) is 17.7 Å². The van der Waals surface area contributed by atoms with Crippen molar-refractivity contribution >= 4 is 23.2 Å². The molecule has 0 unspecified atom stereocenters. The Morgan fingerprint density at radius 3 is 2.60 bits per heavy atom. The van der Waals surface area contributed by atoms with E-state index in [-0.39, 0.29) is 11.7 Å². The van der Waals surface area contributed by atoms with Gasteiger partial charge in [-0.1, -0.05) is 41.4 Å². The monoisotopic (exact) mass is 289 g/mol. The number of amides is 1. The van der Waals surface area contributed by atoms with Gasteiger partial charge in [0.2, 0.25) is 5.91 Å². The second-order valence-corrected chi connectivity index (χ2v) is 5.13. The molecule has 0 aromatic heterocycles. The van der Waals surface area contributed by atoms with Gasteiger partial charge in [-0.15, -0.1) is 0 Å². The first-order valence-electron chi connectivity index (χ1n) is 6.38. The van der Waals surface area contributed by atoms with Gasteiger partial charge in [0.05, 0.1) is 5.69 Å². The topological polar surface area (TPSA) is 49.3 Å². The summed E-state index contributed by atoms with van der Waals surface area (Å²) in [5.41, 5.74) is 2.65. The van der Waals surface area contributed by atoms with Gasteiger partial charge < -0.3 is 10.4 Å². The maximum Gasteiger partial charge on any atom is 0.224 e. The minimum atomic E-state index is -0.150. The van der Waals surface area contributed by atoms with Gasteiger partial charge in [0.25, 0.3) is 0 Å². The molecule has 0 aliphatic carbocycles. The van der Waals surface area contributed by atoms with Gasteiger partial charge in [-0.25, -0.2) is 0 Å². The van der Waals surface area contributed by atoms with E-state index >= 15 is 0 Å². The van der Waals surface area contributed by atoms with Crippen LogP contribution in [0.15, 0.2) is 42.5 Å². The van der Waals surface area contributed by atoms with Gasteiger partial charge in [-0.05, 0) is 37.1 Å². The molecule has 2 aromatic rings. The summed E-state index contributed by atoms with van der Waals surface area (Å²) in [6.07, 6.45) is 1.02. The fourth-order valence-corrected chi connectivity index (χ4v) is 2.01. The summed E-state index contributed by atoms with van der Waals surface area (Å²) in [5, 5.41) is 12.8. The number of carbonyl (C=O) groups is 1. The predicted octanol–water partition coefficient (Wildman–Crippen LogP) is 3.93. The zero-order valence-corrected chi connectivity index (χ0v) is 11.9. The quantitative estimate of drug-likeness (QED) is 0.838. The Morgan fingerprint density at radius 1 is 1.20 bits per heavy atom. The molecule has 2 aromatic carbocycles. The normalized spacial score (nSPS) is 10.3. The lowest BCUT2D eigenvalue weighted by Crippen LogP contribution is -2.12. The number of benzene rings is 2. The van der Waals surface area contributed by atoms with Crippen molar-refractivity contribution in [2.24, 2.45) is 0 Å². The number of aryl methyl sites for hydroxylation is 2. The van der Waals surface area contributed by atoms with Crippen molar-refractivity contribution in [1.29, 1.82) is 0 Å². The van der Waals surface area contributed by atoms with E-state index in [9.17, 15) is 9.90 Å². The number of aromatic hydroxyl groups is 1. The highest BCUT2D eigenvalue weighted by atomic mass is 35.5. The molecule has 0 spiro atoms. The molecule has 4 heteroatoms. The summed E-state index contributed by atoms with van der Waals surface area (Å²) >= 11 is 5.83. The lowest BCUT2D eigenvalue weighted by Gasteiger charge is -2.08. The summed E-state index contributed by atoms with van der Waals surface area (Å²) in [6.45, 7) is 2.03.